The SMILES string of the molecule is CCc1nnc2c(C)c(C)c(S(C)(=O)=O)nn12. The Kier molecular flexibility index (Phi) is 2.65. The summed E-state index contributed by atoms with van der Waals surface area (Å²) in [5, 5.41) is 12.3. The number of aryl methyl sites for hydroxylation is 2. The lowest BCUT2D eigenvalue weighted by atomic mass is 10.2. The van der Waals surface area contributed by atoms with E-state index in [2.05, 4.69) is 15.3 Å². The molecule has 0 unspecified atom stereocenters. The van der Waals surface area contributed by atoms with E-state index in [-0.39, 0.29) is 5.03 Å². The summed E-state index contributed by atoms with van der Waals surface area (Å²) in [6, 6.07) is 0. The first kappa shape index (κ1) is 12.0. The highest BCUT2D eigenvalue weighted by atomic mass is 32.2. The van der Waals surface area contributed by atoms with Crippen molar-refractivity contribution in [2.75, 3.05) is 6.26 Å². The molecule has 2 aromatic heterocycles. The van der Waals surface area contributed by atoms with Crippen molar-refractivity contribution in [2.45, 2.75) is 32.2 Å². The van der Waals surface area contributed by atoms with E-state index in [1.807, 2.05) is 13.8 Å². The fourth-order valence-corrected chi connectivity index (χ4v) is 2.66. The van der Waals surface area contributed by atoms with Crippen LogP contribution in [0.4, 0.5) is 0 Å². The van der Waals surface area contributed by atoms with Crippen LogP contribution in [0.2, 0.25) is 0 Å². The van der Waals surface area contributed by atoms with Gasteiger partial charge in [-0.1, -0.05) is 6.92 Å². The molecular weight excluding hydrogens is 240 g/mol. The summed E-state index contributed by atoms with van der Waals surface area (Å²) in [5.74, 6) is 0.660. The fourth-order valence-electron chi connectivity index (χ4n) is 1.72. The molecule has 17 heavy (non-hydrogen) atoms. The van der Waals surface area contributed by atoms with Gasteiger partial charge >= 0.3 is 0 Å². The van der Waals surface area contributed by atoms with Crippen LogP contribution in [0, 0.1) is 13.8 Å². The van der Waals surface area contributed by atoms with Crippen LogP contribution in [-0.2, 0) is 16.3 Å². The van der Waals surface area contributed by atoms with Crippen molar-refractivity contribution in [3.05, 3.63) is 17.0 Å². The lowest BCUT2D eigenvalue weighted by molar-refractivity contribution is 0.592. The van der Waals surface area contributed by atoms with Gasteiger partial charge in [0.15, 0.2) is 26.3 Å². The molecule has 0 aliphatic rings. The van der Waals surface area contributed by atoms with Gasteiger partial charge in [0.25, 0.3) is 0 Å². The minimum absolute atomic E-state index is 0.0944. The molecule has 0 amide bonds. The van der Waals surface area contributed by atoms with Crippen molar-refractivity contribution in [1.29, 1.82) is 0 Å². The van der Waals surface area contributed by atoms with E-state index in [0.717, 1.165) is 11.8 Å². The number of hydrogen-bond acceptors (Lipinski definition) is 5. The van der Waals surface area contributed by atoms with E-state index in [1.165, 1.54) is 4.52 Å². The molecule has 0 saturated heterocycles. The van der Waals surface area contributed by atoms with E-state index in [9.17, 15) is 8.42 Å². The first-order valence-corrected chi connectivity index (χ1v) is 7.17. The number of aromatic nitrogens is 4. The van der Waals surface area contributed by atoms with Gasteiger partial charge in [-0.2, -0.15) is 9.61 Å². The Labute approximate surface area is 99.6 Å². The monoisotopic (exact) mass is 254 g/mol. The minimum Gasteiger partial charge on any atom is -0.222 e. The van der Waals surface area contributed by atoms with Crippen LogP contribution in [0.3, 0.4) is 0 Å². The summed E-state index contributed by atoms with van der Waals surface area (Å²) in [4.78, 5) is 0. The lowest BCUT2D eigenvalue weighted by Crippen LogP contribution is -2.11. The Hall–Kier alpha value is -1.50. The van der Waals surface area contributed by atoms with Crippen molar-refractivity contribution in [3.8, 4) is 0 Å². The molecule has 0 bridgehead atoms. The third-order valence-electron chi connectivity index (χ3n) is 2.78. The zero-order valence-electron chi connectivity index (χ0n) is 10.2. The van der Waals surface area contributed by atoms with E-state index < -0.39 is 9.84 Å². The summed E-state index contributed by atoms with van der Waals surface area (Å²) in [6.45, 7) is 5.49. The van der Waals surface area contributed by atoms with Gasteiger partial charge in [0.05, 0.1) is 0 Å². The molecule has 0 aliphatic heterocycles. The Bertz CT molecular complexity index is 688. The number of sulfone groups is 1. The van der Waals surface area contributed by atoms with Crippen LogP contribution >= 0.6 is 0 Å². The summed E-state index contributed by atoms with van der Waals surface area (Å²) >= 11 is 0. The van der Waals surface area contributed by atoms with Crippen LogP contribution < -0.4 is 0 Å². The van der Waals surface area contributed by atoms with Crippen molar-refractivity contribution in [2.24, 2.45) is 0 Å². The third-order valence-corrected chi connectivity index (χ3v) is 3.87. The molecule has 2 heterocycles. The normalized spacial score (nSPS) is 12.2. The van der Waals surface area contributed by atoms with E-state index in [4.69, 9.17) is 0 Å². The maximum Gasteiger partial charge on any atom is 0.194 e. The predicted molar refractivity (Wildman–Crippen MR) is 62.7 cm³/mol. The standard InChI is InChI=1S/C10H14N4O2S/c1-5-8-11-12-9-6(2)7(3)10(13-14(8)9)17(4,15)16/h5H2,1-4H3. The average Bonchev–Trinajstić information content (AvgIpc) is 2.64. The molecule has 2 rings (SSSR count). The number of rotatable bonds is 2. The number of fused-ring (bicyclic) bond motifs is 1. The van der Waals surface area contributed by atoms with Gasteiger partial charge in [0, 0.05) is 18.2 Å². The second-order valence-electron chi connectivity index (χ2n) is 4.03. The van der Waals surface area contributed by atoms with Crippen LogP contribution in [-0.4, -0.2) is 34.5 Å². The van der Waals surface area contributed by atoms with Crippen LogP contribution in [0.5, 0.6) is 0 Å². The molecule has 2 aromatic rings. The molecule has 0 fully saturated rings. The summed E-state index contributed by atoms with van der Waals surface area (Å²) in [7, 11) is -3.34. The van der Waals surface area contributed by atoms with Gasteiger partial charge in [-0.15, -0.1) is 10.2 Å². The van der Waals surface area contributed by atoms with Crippen molar-refractivity contribution >= 4 is 15.5 Å². The van der Waals surface area contributed by atoms with Gasteiger partial charge in [-0.05, 0) is 19.4 Å². The first-order valence-electron chi connectivity index (χ1n) is 5.27. The lowest BCUT2D eigenvalue weighted by Gasteiger charge is -2.07. The maximum absolute atomic E-state index is 11.7. The largest absolute Gasteiger partial charge is 0.222 e. The van der Waals surface area contributed by atoms with E-state index >= 15 is 0 Å². The van der Waals surface area contributed by atoms with Gasteiger partial charge < -0.3 is 0 Å². The maximum atomic E-state index is 11.7. The molecule has 0 N–H and O–H groups in total. The van der Waals surface area contributed by atoms with Crippen molar-refractivity contribution in [1.82, 2.24) is 19.8 Å². The molecule has 0 spiro atoms. The van der Waals surface area contributed by atoms with Crippen LogP contribution in [0.25, 0.3) is 5.65 Å². The molecule has 92 valence electrons. The van der Waals surface area contributed by atoms with Gasteiger partial charge in [-0.25, -0.2) is 8.42 Å². The predicted octanol–water partition coefficient (Wildman–Crippen LogP) is 0.707. The van der Waals surface area contributed by atoms with Crippen molar-refractivity contribution in [3.63, 3.8) is 0 Å². The third kappa shape index (κ3) is 1.80. The molecule has 0 atom stereocenters. The summed E-state index contributed by atoms with van der Waals surface area (Å²) < 4.78 is 24.8. The quantitative estimate of drug-likeness (QED) is 0.788. The van der Waals surface area contributed by atoms with E-state index in [0.29, 0.717) is 23.5 Å². The van der Waals surface area contributed by atoms with Crippen LogP contribution in [0.1, 0.15) is 23.9 Å². The highest BCUT2D eigenvalue weighted by molar-refractivity contribution is 7.90. The molecular formula is C10H14N4O2S. The highest BCUT2D eigenvalue weighted by Crippen LogP contribution is 2.19. The van der Waals surface area contributed by atoms with E-state index in [1.54, 1.807) is 6.92 Å². The molecule has 6 nitrogen and oxygen atoms in total. The first-order chi connectivity index (χ1) is 7.86. The smallest absolute Gasteiger partial charge is 0.194 e. The number of nitrogens with zero attached hydrogens (tertiary/aromatic N) is 4. The molecule has 0 saturated carbocycles. The Morgan fingerprint density at radius 1 is 1.18 bits per heavy atom. The molecule has 0 aromatic carbocycles. The van der Waals surface area contributed by atoms with Gasteiger partial charge in [-0.3, -0.25) is 0 Å². The second-order valence-corrected chi connectivity index (χ2v) is 5.96. The highest BCUT2D eigenvalue weighted by Gasteiger charge is 2.19. The average molecular weight is 254 g/mol. The van der Waals surface area contributed by atoms with Crippen molar-refractivity contribution < 1.29 is 8.42 Å². The minimum atomic E-state index is -3.34. The topological polar surface area (TPSA) is 77.2 Å². The zero-order valence-corrected chi connectivity index (χ0v) is 11.0. The van der Waals surface area contributed by atoms with Gasteiger partial charge in [0.1, 0.15) is 0 Å². The second kappa shape index (κ2) is 3.76. The Morgan fingerprint density at radius 2 is 1.82 bits per heavy atom. The Balaban J connectivity index is 2.93. The number of hydrogen-bond donors (Lipinski definition) is 0. The summed E-state index contributed by atoms with van der Waals surface area (Å²) in [5.41, 5.74) is 2.05. The Morgan fingerprint density at radius 3 is 2.35 bits per heavy atom. The molecule has 0 radical (unpaired) electrons. The zero-order chi connectivity index (χ0) is 12.8. The fraction of sp³-hybridized carbons (Fsp3) is 0.500. The van der Waals surface area contributed by atoms with Gasteiger partial charge in [0.2, 0.25) is 0 Å². The summed E-state index contributed by atoms with van der Waals surface area (Å²) in [6.07, 6.45) is 1.81. The molecule has 7 heteroatoms. The van der Waals surface area contributed by atoms with Crippen LogP contribution in [0.15, 0.2) is 5.03 Å². The molecule has 0 aliphatic carbocycles.